The van der Waals surface area contributed by atoms with Crippen molar-refractivity contribution in [3.8, 4) is 0 Å². The molecule has 2 radical (unpaired) electrons. The van der Waals surface area contributed by atoms with Gasteiger partial charge in [0.2, 0.25) is 0 Å². The molecule has 1 saturated carbocycles. The fourth-order valence-corrected chi connectivity index (χ4v) is 1.51. The number of rotatable bonds is 0. The molecule has 0 spiro atoms. The highest BCUT2D eigenvalue weighted by Crippen LogP contribution is 2.50. The molecule has 1 fully saturated rings. The molecule has 0 aromatic carbocycles. The molecule has 12 heavy (non-hydrogen) atoms. The van der Waals surface area contributed by atoms with Crippen molar-refractivity contribution >= 4 is 19.4 Å². The fraction of sp³-hybridized carbons (Fsp3) is 0.778. The Morgan fingerprint density at radius 2 is 1.25 bits per heavy atom. The van der Waals surface area contributed by atoms with E-state index in [1.807, 2.05) is 0 Å². The first-order chi connectivity index (χ1) is 5.23. The van der Waals surface area contributed by atoms with Crippen LogP contribution in [0.3, 0.4) is 0 Å². The molecule has 0 bridgehead atoms. The highest BCUT2D eigenvalue weighted by molar-refractivity contribution is 6.41. The van der Waals surface area contributed by atoms with E-state index in [9.17, 15) is 9.59 Å². The molecule has 0 amide bonds. The topological polar surface area (TPSA) is 34.1 Å². The Morgan fingerprint density at radius 1 is 1.00 bits per heavy atom. The molecule has 0 aliphatic heterocycles. The Labute approximate surface area is 74.1 Å². The van der Waals surface area contributed by atoms with Gasteiger partial charge in [-0.2, -0.15) is 0 Å². The monoisotopic (exact) mass is 164 g/mol. The maximum Gasteiger partial charge on any atom is 0.141 e. The molecule has 2 nitrogen and oxygen atoms in total. The third-order valence-electron chi connectivity index (χ3n) is 3.36. The van der Waals surface area contributed by atoms with Gasteiger partial charge in [-0.3, -0.25) is 9.59 Å². The molecule has 1 rings (SSSR count). The quantitative estimate of drug-likeness (QED) is 0.397. The Balaban J connectivity index is 3.24. The van der Waals surface area contributed by atoms with E-state index in [1.165, 1.54) is 0 Å². The van der Waals surface area contributed by atoms with Crippen LogP contribution in [0, 0.1) is 10.8 Å². The molecule has 0 heterocycles. The lowest BCUT2D eigenvalue weighted by molar-refractivity contribution is -0.129. The van der Waals surface area contributed by atoms with E-state index in [1.54, 1.807) is 27.7 Å². The summed E-state index contributed by atoms with van der Waals surface area (Å²) in [5.74, 6) is -1.19. The first-order valence-corrected chi connectivity index (χ1v) is 4.07. The van der Waals surface area contributed by atoms with Crippen LogP contribution in [-0.2, 0) is 9.59 Å². The zero-order chi connectivity index (χ0) is 9.73. The molecular formula is C9H13BO2. The molecule has 0 N–H and O–H groups in total. The molecule has 0 aromatic heterocycles. The Morgan fingerprint density at radius 3 is 1.33 bits per heavy atom. The van der Waals surface area contributed by atoms with Gasteiger partial charge in [0.15, 0.2) is 0 Å². The summed E-state index contributed by atoms with van der Waals surface area (Å²) in [6, 6.07) is 0. The maximum absolute atomic E-state index is 11.5. The van der Waals surface area contributed by atoms with Crippen molar-refractivity contribution in [3.05, 3.63) is 0 Å². The lowest BCUT2D eigenvalue weighted by Gasteiger charge is -2.31. The molecule has 0 unspecified atom stereocenters. The third-order valence-corrected chi connectivity index (χ3v) is 3.36. The molecule has 3 heteroatoms. The average Bonchev–Trinajstić information content (AvgIpc) is 2.05. The lowest BCUT2D eigenvalue weighted by Crippen LogP contribution is -2.35. The highest BCUT2D eigenvalue weighted by Gasteiger charge is 2.57. The molecule has 1 aliphatic rings. The Bertz CT molecular complexity index is 227. The number of ketones is 2. The van der Waals surface area contributed by atoms with Crippen molar-refractivity contribution < 1.29 is 9.59 Å². The second-order valence-corrected chi connectivity index (χ2v) is 4.46. The van der Waals surface area contributed by atoms with E-state index in [4.69, 9.17) is 7.85 Å². The summed E-state index contributed by atoms with van der Waals surface area (Å²) >= 11 is 0. The smallest absolute Gasteiger partial charge is 0.141 e. The Hall–Kier alpha value is -0.595. The summed E-state index contributed by atoms with van der Waals surface area (Å²) in [6.45, 7) is 7.11. The van der Waals surface area contributed by atoms with Crippen molar-refractivity contribution in [3.63, 3.8) is 0 Å². The molecular weight excluding hydrogens is 151 g/mol. The first-order valence-electron chi connectivity index (χ1n) is 4.07. The van der Waals surface area contributed by atoms with Crippen LogP contribution in [0.5, 0.6) is 0 Å². The lowest BCUT2D eigenvalue weighted by atomic mass is 9.70. The summed E-state index contributed by atoms with van der Waals surface area (Å²) in [5.41, 5.74) is -1.24. The van der Waals surface area contributed by atoms with Crippen molar-refractivity contribution in [1.82, 2.24) is 0 Å². The number of carbonyl (C=O) groups is 2. The maximum atomic E-state index is 11.5. The number of Topliss-reactive ketones (excluding diaryl/α,β-unsaturated/α-hetero) is 2. The van der Waals surface area contributed by atoms with Crippen LogP contribution in [0.25, 0.3) is 0 Å². The van der Waals surface area contributed by atoms with E-state index in [-0.39, 0.29) is 11.6 Å². The van der Waals surface area contributed by atoms with Gasteiger partial charge in [0.05, 0.1) is 7.85 Å². The van der Waals surface area contributed by atoms with E-state index < -0.39 is 16.6 Å². The van der Waals surface area contributed by atoms with Crippen molar-refractivity contribution in [2.75, 3.05) is 0 Å². The van der Waals surface area contributed by atoms with Gasteiger partial charge < -0.3 is 0 Å². The highest BCUT2D eigenvalue weighted by atomic mass is 16.2. The average molecular weight is 164 g/mol. The third kappa shape index (κ3) is 0.823. The summed E-state index contributed by atoms with van der Waals surface area (Å²) < 4.78 is 0. The van der Waals surface area contributed by atoms with Crippen LogP contribution in [0.4, 0.5) is 0 Å². The van der Waals surface area contributed by atoms with E-state index >= 15 is 0 Å². The van der Waals surface area contributed by atoms with E-state index in [0.717, 1.165) is 0 Å². The predicted octanol–water partition coefficient (Wildman–Crippen LogP) is 1.15. The van der Waals surface area contributed by atoms with Crippen LogP contribution in [0.2, 0.25) is 5.82 Å². The SMILES string of the molecule is [B]C1C(=O)C(C)(C)C(C)(C)C1=O. The van der Waals surface area contributed by atoms with Crippen molar-refractivity contribution in [1.29, 1.82) is 0 Å². The largest absolute Gasteiger partial charge is 0.299 e. The molecule has 0 saturated heterocycles. The van der Waals surface area contributed by atoms with Gasteiger partial charge >= 0.3 is 0 Å². The van der Waals surface area contributed by atoms with Crippen molar-refractivity contribution in [2.45, 2.75) is 33.5 Å². The number of hydrogen-bond donors (Lipinski definition) is 0. The number of hydrogen-bond acceptors (Lipinski definition) is 2. The summed E-state index contributed by atoms with van der Waals surface area (Å²) in [5, 5.41) is 0. The molecule has 0 atom stereocenters. The number of carbonyl (C=O) groups excluding carboxylic acids is 2. The van der Waals surface area contributed by atoms with Gasteiger partial charge in [-0.25, -0.2) is 0 Å². The minimum absolute atomic E-state index is 0.141. The minimum Gasteiger partial charge on any atom is -0.299 e. The standard InChI is InChI=1S/C9H13BO2/c1-8(2)6(11)5(10)7(12)9(8,3)4/h5H,1-4H3. The summed E-state index contributed by atoms with van der Waals surface area (Å²) in [7, 11) is 5.47. The van der Waals surface area contributed by atoms with Gasteiger partial charge in [-0.05, 0) is 0 Å². The second kappa shape index (κ2) is 2.21. The van der Waals surface area contributed by atoms with Gasteiger partial charge in [0, 0.05) is 16.6 Å². The molecule has 0 aromatic rings. The second-order valence-electron chi connectivity index (χ2n) is 4.46. The Kier molecular flexibility index (Phi) is 1.75. The van der Waals surface area contributed by atoms with Crippen LogP contribution in [0.15, 0.2) is 0 Å². The zero-order valence-electron chi connectivity index (χ0n) is 7.97. The molecule has 64 valence electrons. The molecule has 1 aliphatic carbocycles. The normalized spacial score (nSPS) is 28.0. The zero-order valence-corrected chi connectivity index (χ0v) is 7.97. The van der Waals surface area contributed by atoms with Gasteiger partial charge in [0.25, 0.3) is 0 Å². The van der Waals surface area contributed by atoms with E-state index in [0.29, 0.717) is 0 Å². The predicted molar refractivity (Wildman–Crippen MR) is 47.1 cm³/mol. The van der Waals surface area contributed by atoms with Crippen LogP contribution in [0.1, 0.15) is 27.7 Å². The van der Waals surface area contributed by atoms with Gasteiger partial charge in [-0.15, -0.1) is 0 Å². The fourth-order valence-electron chi connectivity index (χ4n) is 1.51. The van der Waals surface area contributed by atoms with Crippen LogP contribution >= 0.6 is 0 Å². The van der Waals surface area contributed by atoms with Gasteiger partial charge in [0.1, 0.15) is 11.6 Å². The minimum atomic E-state index is -0.907. The van der Waals surface area contributed by atoms with Crippen molar-refractivity contribution in [2.24, 2.45) is 10.8 Å². The van der Waals surface area contributed by atoms with Crippen LogP contribution < -0.4 is 0 Å². The summed E-state index contributed by atoms with van der Waals surface area (Å²) in [4.78, 5) is 23.0. The van der Waals surface area contributed by atoms with Gasteiger partial charge in [-0.1, -0.05) is 27.7 Å². The van der Waals surface area contributed by atoms with Crippen LogP contribution in [-0.4, -0.2) is 19.4 Å². The van der Waals surface area contributed by atoms with E-state index in [2.05, 4.69) is 0 Å². The summed E-state index contributed by atoms with van der Waals surface area (Å²) in [6.07, 6.45) is 0. The first kappa shape index (κ1) is 9.49.